The van der Waals surface area contributed by atoms with E-state index in [0.717, 1.165) is 109 Å². The van der Waals surface area contributed by atoms with Crippen LogP contribution in [0.3, 0.4) is 0 Å². The lowest BCUT2D eigenvalue weighted by Gasteiger charge is -2.41. The Balaban J connectivity index is 2.58. The van der Waals surface area contributed by atoms with Crippen molar-refractivity contribution in [2.24, 2.45) is 0 Å². The van der Waals surface area contributed by atoms with Crippen molar-refractivity contribution in [2.45, 2.75) is 372 Å². The Bertz CT molecular complexity index is 1820. The Morgan fingerprint density at radius 3 is 1.18 bits per heavy atom. The van der Waals surface area contributed by atoms with Crippen LogP contribution in [0.5, 0.6) is 0 Å². The van der Waals surface area contributed by atoms with Crippen LogP contribution < -0.4 is 5.32 Å². The first kappa shape index (κ1) is 83.6. The molecule has 1 aliphatic heterocycles. The van der Waals surface area contributed by atoms with Gasteiger partial charge >= 0.3 is 5.97 Å². The Kier molecular flexibility index (Phi) is 60.7. The third-order valence-electron chi connectivity index (χ3n) is 17.0. The number of rotatable bonds is 63. The maximum absolute atomic E-state index is 13.5. The number of carbonyl (C=O) groups is 2. The zero-order chi connectivity index (χ0) is 64.6. The Morgan fingerprint density at radius 2 is 0.775 bits per heavy atom. The van der Waals surface area contributed by atoms with Crippen molar-refractivity contribution >= 4 is 11.9 Å². The van der Waals surface area contributed by atoms with Gasteiger partial charge in [-0.2, -0.15) is 0 Å². The minimum absolute atomic E-state index is 0.112. The third kappa shape index (κ3) is 51.7. The van der Waals surface area contributed by atoms with Gasteiger partial charge in [0.1, 0.15) is 24.4 Å². The van der Waals surface area contributed by atoms with E-state index in [1.165, 1.54) is 167 Å². The van der Waals surface area contributed by atoms with Crippen LogP contribution in [0.25, 0.3) is 0 Å². The summed E-state index contributed by atoms with van der Waals surface area (Å²) in [5.74, 6) is -1.20. The summed E-state index contributed by atoms with van der Waals surface area (Å²) >= 11 is 0. The number of carbonyl (C=O) groups excluding carboxylic acids is 2. The number of amides is 1. The zero-order valence-electron chi connectivity index (χ0n) is 57.3. The molecule has 1 saturated heterocycles. The third-order valence-corrected chi connectivity index (χ3v) is 17.0. The van der Waals surface area contributed by atoms with Gasteiger partial charge in [-0.05, 0) is 109 Å². The van der Waals surface area contributed by atoms with Gasteiger partial charge in [-0.3, -0.25) is 9.59 Å². The Hall–Kier alpha value is -3.42. The number of allylic oxidation sites excluding steroid dienone is 15. The molecule has 1 amide bonds. The van der Waals surface area contributed by atoms with Gasteiger partial charge in [-0.15, -0.1) is 0 Å². The molecular weight excluding hydrogens is 1110 g/mol. The fourth-order valence-electron chi connectivity index (χ4n) is 11.1. The molecule has 0 aromatic rings. The predicted molar refractivity (Wildman–Crippen MR) is 375 cm³/mol. The van der Waals surface area contributed by atoms with Gasteiger partial charge < -0.3 is 45.1 Å². The average molecular weight is 1250 g/mol. The number of hydrogen-bond acceptors (Lipinski definition) is 10. The van der Waals surface area contributed by atoms with E-state index in [2.05, 4.69) is 111 Å². The van der Waals surface area contributed by atoms with Crippen LogP contribution in [0.4, 0.5) is 0 Å². The van der Waals surface area contributed by atoms with Crippen LogP contribution in [-0.2, 0) is 23.8 Å². The van der Waals surface area contributed by atoms with Crippen LogP contribution in [-0.4, -0.2) is 99.6 Å². The highest BCUT2D eigenvalue weighted by Gasteiger charge is 2.47. The quantitative estimate of drug-likeness (QED) is 0.0195. The van der Waals surface area contributed by atoms with Crippen molar-refractivity contribution in [3.05, 3.63) is 97.2 Å². The monoisotopic (exact) mass is 1250 g/mol. The van der Waals surface area contributed by atoms with E-state index >= 15 is 0 Å². The van der Waals surface area contributed by atoms with Crippen LogP contribution in [0.2, 0.25) is 0 Å². The van der Waals surface area contributed by atoms with Gasteiger partial charge in [0.25, 0.3) is 0 Å². The van der Waals surface area contributed by atoms with E-state index in [1.807, 2.05) is 6.08 Å². The number of unbranched alkanes of at least 4 members (excludes halogenated alkanes) is 35. The van der Waals surface area contributed by atoms with E-state index in [0.29, 0.717) is 12.8 Å². The molecule has 8 unspecified atom stereocenters. The number of ether oxygens (including phenoxy) is 3. The lowest BCUT2D eigenvalue weighted by Crippen LogP contribution is -2.61. The van der Waals surface area contributed by atoms with Crippen molar-refractivity contribution in [2.75, 3.05) is 13.2 Å². The molecule has 0 spiro atoms. The minimum Gasteiger partial charge on any atom is -0.454 e. The number of esters is 1. The normalized spacial score (nSPS) is 18.7. The molecule has 0 radical (unpaired) electrons. The van der Waals surface area contributed by atoms with Gasteiger partial charge in [0.2, 0.25) is 5.91 Å². The van der Waals surface area contributed by atoms with Crippen molar-refractivity contribution in [1.82, 2.24) is 5.32 Å². The van der Waals surface area contributed by atoms with Crippen molar-refractivity contribution in [1.29, 1.82) is 0 Å². The van der Waals surface area contributed by atoms with Crippen molar-refractivity contribution in [3.8, 4) is 0 Å². The van der Waals surface area contributed by atoms with Gasteiger partial charge in [-0.25, -0.2) is 0 Å². The molecular formula is C78H137NO10. The van der Waals surface area contributed by atoms with E-state index in [-0.39, 0.29) is 19.4 Å². The van der Waals surface area contributed by atoms with Crippen LogP contribution in [0.1, 0.15) is 323 Å². The lowest BCUT2D eigenvalue weighted by atomic mass is 9.99. The average Bonchev–Trinajstić information content (AvgIpc) is 1.80. The fourth-order valence-corrected chi connectivity index (χ4v) is 11.1. The van der Waals surface area contributed by atoms with E-state index in [4.69, 9.17) is 14.2 Å². The van der Waals surface area contributed by atoms with E-state index in [1.54, 1.807) is 6.08 Å². The minimum atomic E-state index is -1.62. The summed E-state index contributed by atoms with van der Waals surface area (Å²) in [7, 11) is 0. The summed E-state index contributed by atoms with van der Waals surface area (Å²) in [5.41, 5.74) is 0. The maximum Gasteiger partial charge on any atom is 0.306 e. The molecule has 0 saturated carbocycles. The molecule has 514 valence electrons. The maximum atomic E-state index is 13.5. The number of aliphatic hydroxyl groups excluding tert-OH is 5. The smallest absolute Gasteiger partial charge is 0.306 e. The summed E-state index contributed by atoms with van der Waals surface area (Å²) in [4.78, 5) is 26.7. The Labute approximate surface area is 546 Å². The molecule has 8 atom stereocenters. The van der Waals surface area contributed by atoms with Gasteiger partial charge in [-0.1, -0.05) is 304 Å². The van der Waals surface area contributed by atoms with E-state index < -0.39 is 67.4 Å². The molecule has 0 aromatic carbocycles. The second kappa shape index (κ2) is 64.7. The van der Waals surface area contributed by atoms with Crippen LogP contribution in [0.15, 0.2) is 97.2 Å². The summed E-state index contributed by atoms with van der Waals surface area (Å²) in [6.45, 7) is 5.76. The van der Waals surface area contributed by atoms with Gasteiger partial charge in [0.05, 0.1) is 25.4 Å². The molecule has 1 heterocycles. The standard InChI is InChI=1S/C78H137NO10/c1-4-7-10-13-16-19-22-25-27-29-31-33-35-36-37-39-41-43-45-48-51-54-57-60-63-66-73(83)89-76-75(85)74(84)72(67-80)88-78(76)87-68-69(70(81)64-61-58-55-52-49-46-24-21-18-15-12-9-6-3)79-77(86)71(82)65-62-59-56-53-50-47-44-42-40-38-34-32-30-28-26-23-20-17-14-11-8-5-2/h16-17,19-20,25-28,31-34,36-37,61,64,69-72,74-76,78,80-82,84-85H,4-15,18,21-24,29-30,35,38-60,62-63,65-68H2,1-3H3,(H,79,86)/b19-16-,20-17-,27-25-,28-26-,33-31-,34-32-,37-36-,64-61+. The fraction of sp³-hybridized carbons (Fsp3) is 0.769. The second-order valence-electron chi connectivity index (χ2n) is 25.3. The highest BCUT2D eigenvalue weighted by Crippen LogP contribution is 2.26. The molecule has 0 aromatic heterocycles. The molecule has 1 fully saturated rings. The summed E-state index contributed by atoms with van der Waals surface area (Å²) in [6, 6.07) is -1.03. The second-order valence-corrected chi connectivity index (χ2v) is 25.3. The molecule has 11 nitrogen and oxygen atoms in total. The summed E-state index contributed by atoms with van der Waals surface area (Å²) in [5, 5.41) is 57.3. The molecule has 1 aliphatic rings. The molecule has 0 bridgehead atoms. The van der Waals surface area contributed by atoms with Crippen molar-refractivity contribution < 1.29 is 49.3 Å². The zero-order valence-corrected chi connectivity index (χ0v) is 57.3. The SMILES string of the molecule is CCCCC/C=C\C/C=C\C/C=C\C/C=C\CCCCCCCCCCCC(=O)OC1C(OCC(NC(=O)C(O)CCCCCCCCCCC/C=C\C/C=C\C/C=C\CCCCC)C(O)/C=C/CCCCCCCCCCCCC)OC(CO)C(O)C1O. The first-order chi connectivity index (χ1) is 43.7. The highest BCUT2D eigenvalue weighted by molar-refractivity contribution is 5.80. The Morgan fingerprint density at radius 1 is 0.438 bits per heavy atom. The number of aliphatic hydroxyl groups is 5. The topological polar surface area (TPSA) is 175 Å². The van der Waals surface area contributed by atoms with Crippen molar-refractivity contribution in [3.63, 3.8) is 0 Å². The van der Waals surface area contributed by atoms with Crippen LogP contribution in [0, 0.1) is 0 Å². The summed E-state index contributed by atoms with van der Waals surface area (Å²) in [6.07, 6.45) is 77.2. The van der Waals surface area contributed by atoms with E-state index in [9.17, 15) is 35.1 Å². The van der Waals surface area contributed by atoms with Crippen LogP contribution >= 0.6 is 0 Å². The largest absolute Gasteiger partial charge is 0.454 e. The first-order valence-corrected chi connectivity index (χ1v) is 37.0. The molecule has 0 aliphatic carbocycles. The van der Waals surface area contributed by atoms with Gasteiger partial charge in [0.15, 0.2) is 12.4 Å². The predicted octanol–water partition coefficient (Wildman–Crippen LogP) is 19.4. The number of nitrogens with one attached hydrogen (secondary N) is 1. The molecule has 89 heavy (non-hydrogen) atoms. The molecule has 11 heteroatoms. The summed E-state index contributed by atoms with van der Waals surface area (Å²) < 4.78 is 17.7. The van der Waals surface area contributed by atoms with Gasteiger partial charge in [0, 0.05) is 6.42 Å². The lowest BCUT2D eigenvalue weighted by molar-refractivity contribution is -0.305. The molecule has 6 N–H and O–H groups in total. The highest BCUT2D eigenvalue weighted by atomic mass is 16.7. The molecule has 1 rings (SSSR count). The first-order valence-electron chi connectivity index (χ1n) is 37.0. The number of hydrogen-bond donors (Lipinski definition) is 6.